The Balaban J connectivity index is 1.41. The molecule has 2 aliphatic rings. The quantitative estimate of drug-likeness (QED) is 0.700. The normalized spacial score (nSPS) is 23.5. The van der Waals surface area contributed by atoms with E-state index in [1.807, 2.05) is 54.8 Å². The number of nitrogens with zero attached hydrogens (tertiary/aromatic N) is 4. The van der Waals surface area contributed by atoms with Crippen LogP contribution in [0.25, 0.3) is 5.65 Å². The van der Waals surface area contributed by atoms with Gasteiger partial charge in [0.15, 0.2) is 0 Å². The van der Waals surface area contributed by atoms with E-state index in [0.29, 0.717) is 24.4 Å². The van der Waals surface area contributed by atoms with Gasteiger partial charge >= 0.3 is 0 Å². The molecule has 3 aromatic heterocycles. The fraction of sp³-hybridized carbons (Fsp3) is 0.409. The lowest BCUT2D eigenvalue weighted by atomic mass is 9.90. The van der Waals surface area contributed by atoms with Gasteiger partial charge in [-0.05, 0) is 50.8 Å². The number of fused-ring (bicyclic) bond motifs is 3. The molecule has 0 spiro atoms. The standard InChI is InChI=1S/C22H24N4O2/c1-14-6-9-19-24-12-15(2)25(19)21(14)22(27)26-17-7-8-18(26)16(11-17)13-28-20-5-3-4-10-23-20/h3-6,9-10,12,16-18H,7-8,11,13H2,1-2H3. The summed E-state index contributed by atoms with van der Waals surface area (Å²) in [5, 5.41) is 0. The summed E-state index contributed by atoms with van der Waals surface area (Å²) in [6.45, 7) is 4.61. The fourth-order valence-corrected chi connectivity index (χ4v) is 4.94. The molecule has 144 valence electrons. The third-order valence-electron chi connectivity index (χ3n) is 6.23. The number of carbonyl (C=O) groups excluding carboxylic acids is 1. The van der Waals surface area contributed by atoms with Crippen molar-refractivity contribution in [2.24, 2.45) is 5.92 Å². The highest BCUT2D eigenvalue weighted by molar-refractivity contribution is 5.95. The Hall–Kier alpha value is -2.89. The number of aryl methyl sites for hydroxylation is 2. The van der Waals surface area contributed by atoms with E-state index in [-0.39, 0.29) is 11.9 Å². The average Bonchev–Trinajstić information content (AvgIpc) is 3.40. The lowest BCUT2D eigenvalue weighted by molar-refractivity contribution is 0.0701. The van der Waals surface area contributed by atoms with E-state index in [0.717, 1.165) is 41.9 Å². The van der Waals surface area contributed by atoms with Gasteiger partial charge in [0.05, 0.1) is 6.61 Å². The molecule has 2 fully saturated rings. The predicted molar refractivity (Wildman–Crippen MR) is 105 cm³/mol. The number of aromatic nitrogens is 3. The van der Waals surface area contributed by atoms with Crippen LogP contribution in [0.3, 0.4) is 0 Å². The van der Waals surface area contributed by atoms with E-state index >= 15 is 0 Å². The van der Waals surface area contributed by atoms with Crippen LogP contribution in [0.1, 0.15) is 41.0 Å². The molecule has 3 unspecified atom stereocenters. The van der Waals surface area contributed by atoms with Crippen molar-refractivity contribution in [3.63, 3.8) is 0 Å². The summed E-state index contributed by atoms with van der Waals surface area (Å²) < 4.78 is 7.91. The second-order valence-electron chi connectivity index (χ2n) is 7.94. The predicted octanol–water partition coefficient (Wildman–Crippen LogP) is 3.42. The first-order valence-corrected chi connectivity index (χ1v) is 9.93. The first-order valence-electron chi connectivity index (χ1n) is 9.93. The van der Waals surface area contributed by atoms with Crippen LogP contribution in [-0.4, -0.2) is 43.9 Å². The number of rotatable bonds is 4. The maximum Gasteiger partial charge on any atom is 0.271 e. The molecule has 3 aromatic rings. The lowest BCUT2D eigenvalue weighted by Gasteiger charge is -2.25. The number of carbonyl (C=O) groups is 1. The molecule has 0 N–H and O–H groups in total. The van der Waals surface area contributed by atoms with Gasteiger partial charge in [0.1, 0.15) is 11.3 Å². The maximum absolute atomic E-state index is 13.6. The molecule has 0 aliphatic carbocycles. The van der Waals surface area contributed by atoms with Crippen molar-refractivity contribution in [2.45, 2.75) is 45.2 Å². The SMILES string of the molecule is Cc1ccc2ncc(C)n2c1C(=O)N1C2CCC1C(COc1ccccn1)C2. The van der Waals surface area contributed by atoms with E-state index in [4.69, 9.17) is 4.74 Å². The van der Waals surface area contributed by atoms with Gasteiger partial charge in [0.25, 0.3) is 5.91 Å². The summed E-state index contributed by atoms with van der Waals surface area (Å²) in [4.78, 5) is 24.4. The molecule has 0 aromatic carbocycles. The van der Waals surface area contributed by atoms with Crippen LogP contribution in [0.5, 0.6) is 5.88 Å². The van der Waals surface area contributed by atoms with Crippen molar-refractivity contribution in [1.82, 2.24) is 19.3 Å². The lowest BCUT2D eigenvalue weighted by Crippen LogP contribution is -2.38. The highest BCUT2D eigenvalue weighted by Gasteiger charge is 2.49. The van der Waals surface area contributed by atoms with Crippen LogP contribution in [0.2, 0.25) is 0 Å². The zero-order valence-electron chi connectivity index (χ0n) is 16.2. The molecular formula is C22H24N4O2. The largest absolute Gasteiger partial charge is 0.477 e. The Morgan fingerprint density at radius 2 is 2.07 bits per heavy atom. The first kappa shape index (κ1) is 17.2. The van der Waals surface area contributed by atoms with E-state index in [1.165, 1.54) is 0 Å². The van der Waals surface area contributed by atoms with Gasteiger partial charge < -0.3 is 9.64 Å². The minimum Gasteiger partial charge on any atom is -0.477 e. The molecule has 28 heavy (non-hydrogen) atoms. The molecule has 2 saturated heterocycles. The molecule has 0 saturated carbocycles. The Labute approximate surface area is 164 Å². The van der Waals surface area contributed by atoms with Crippen molar-refractivity contribution in [1.29, 1.82) is 0 Å². The number of pyridine rings is 2. The minimum absolute atomic E-state index is 0.122. The first-order chi connectivity index (χ1) is 13.6. The summed E-state index contributed by atoms with van der Waals surface area (Å²) in [5.74, 6) is 1.13. The van der Waals surface area contributed by atoms with Crippen molar-refractivity contribution in [3.8, 4) is 5.88 Å². The van der Waals surface area contributed by atoms with E-state index in [2.05, 4.69) is 14.9 Å². The zero-order valence-corrected chi connectivity index (χ0v) is 16.2. The Morgan fingerprint density at radius 3 is 2.89 bits per heavy atom. The number of imidazole rings is 1. The van der Waals surface area contributed by atoms with Gasteiger partial charge in [0, 0.05) is 42.2 Å². The average molecular weight is 376 g/mol. The van der Waals surface area contributed by atoms with Crippen LogP contribution in [0.15, 0.2) is 42.7 Å². The smallest absolute Gasteiger partial charge is 0.271 e. The molecule has 3 atom stereocenters. The second kappa shape index (κ2) is 6.62. The van der Waals surface area contributed by atoms with E-state index < -0.39 is 0 Å². The van der Waals surface area contributed by atoms with Gasteiger partial charge in [-0.2, -0.15) is 0 Å². The fourth-order valence-electron chi connectivity index (χ4n) is 4.94. The third kappa shape index (κ3) is 2.66. The third-order valence-corrected chi connectivity index (χ3v) is 6.23. The monoisotopic (exact) mass is 376 g/mol. The maximum atomic E-state index is 13.6. The summed E-state index contributed by atoms with van der Waals surface area (Å²) in [6, 6.07) is 10.2. The van der Waals surface area contributed by atoms with Gasteiger partial charge in [-0.3, -0.25) is 9.20 Å². The molecule has 5 heterocycles. The molecule has 6 nitrogen and oxygen atoms in total. The van der Waals surface area contributed by atoms with Crippen molar-refractivity contribution in [3.05, 3.63) is 59.7 Å². The van der Waals surface area contributed by atoms with E-state index in [9.17, 15) is 4.79 Å². The zero-order chi connectivity index (χ0) is 19.3. The number of hydrogen-bond acceptors (Lipinski definition) is 4. The topological polar surface area (TPSA) is 59.7 Å². The molecular weight excluding hydrogens is 352 g/mol. The highest BCUT2D eigenvalue weighted by atomic mass is 16.5. The summed E-state index contributed by atoms with van der Waals surface area (Å²) in [7, 11) is 0. The number of amides is 1. The second-order valence-corrected chi connectivity index (χ2v) is 7.94. The van der Waals surface area contributed by atoms with E-state index in [1.54, 1.807) is 6.20 Å². The van der Waals surface area contributed by atoms with Crippen molar-refractivity contribution in [2.75, 3.05) is 6.61 Å². The van der Waals surface area contributed by atoms with Gasteiger partial charge in [-0.25, -0.2) is 9.97 Å². The molecule has 1 amide bonds. The Kier molecular flexibility index (Phi) is 4.07. The van der Waals surface area contributed by atoms with Crippen LogP contribution in [-0.2, 0) is 0 Å². The van der Waals surface area contributed by atoms with Gasteiger partial charge in [0.2, 0.25) is 5.88 Å². The highest BCUT2D eigenvalue weighted by Crippen LogP contribution is 2.43. The van der Waals surface area contributed by atoms with Crippen LogP contribution in [0, 0.1) is 19.8 Å². The van der Waals surface area contributed by atoms with Crippen molar-refractivity contribution < 1.29 is 9.53 Å². The summed E-state index contributed by atoms with van der Waals surface area (Å²) >= 11 is 0. The number of ether oxygens (including phenoxy) is 1. The molecule has 2 aliphatic heterocycles. The van der Waals surface area contributed by atoms with Gasteiger partial charge in [-0.15, -0.1) is 0 Å². The van der Waals surface area contributed by atoms with Crippen LogP contribution >= 0.6 is 0 Å². The van der Waals surface area contributed by atoms with Crippen LogP contribution < -0.4 is 4.74 Å². The number of hydrogen-bond donors (Lipinski definition) is 0. The molecule has 2 bridgehead atoms. The Morgan fingerprint density at radius 1 is 1.18 bits per heavy atom. The Bertz CT molecular complexity index is 1030. The van der Waals surface area contributed by atoms with Crippen LogP contribution in [0.4, 0.5) is 0 Å². The minimum atomic E-state index is 0.122. The molecule has 6 heteroatoms. The molecule has 5 rings (SSSR count). The summed E-state index contributed by atoms with van der Waals surface area (Å²) in [6.07, 6.45) is 6.69. The summed E-state index contributed by atoms with van der Waals surface area (Å²) in [5.41, 5.74) is 3.55. The van der Waals surface area contributed by atoms with Crippen molar-refractivity contribution >= 4 is 11.6 Å². The van der Waals surface area contributed by atoms with Gasteiger partial charge in [-0.1, -0.05) is 12.1 Å². The molecule has 0 radical (unpaired) electrons.